The van der Waals surface area contributed by atoms with Gasteiger partial charge < -0.3 is 10.2 Å². The predicted octanol–water partition coefficient (Wildman–Crippen LogP) is 3.58. The molecule has 2 saturated heterocycles. The van der Waals surface area contributed by atoms with Crippen molar-refractivity contribution in [1.82, 2.24) is 10.2 Å². The highest BCUT2D eigenvalue weighted by atomic mass is 16.2. The van der Waals surface area contributed by atoms with E-state index in [4.69, 9.17) is 0 Å². The maximum atomic E-state index is 12.8. The van der Waals surface area contributed by atoms with E-state index in [1.165, 1.54) is 30.4 Å². The maximum Gasteiger partial charge on any atom is 0.225 e. The monoisotopic (exact) mass is 380 g/mol. The molecule has 0 aromatic heterocycles. The first-order valence-electron chi connectivity index (χ1n) is 11.1. The Bertz CT molecular complexity index is 774. The highest BCUT2D eigenvalue weighted by molar-refractivity contribution is 5.83. The van der Waals surface area contributed by atoms with Crippen LogP contribution in [0.25, 0.3) is 0 Å². The van der Waals surface area contributed by atoms with Crippen LogP contribution in [-0.4, -0.2) is 35.3 Å². The fraction of sp³-hybridized carbons (Fsp3) is 0.667. The largest absolute Gasteiger partial charge is 0.351 e. The maximum absolute atomic E-state index is 12.8. The number of hydrogen-bond donors (Lipinski definition) is 1. The number of carbonyl (C=O) groups excluding carboxylic acids is 2. The van der Waals surface area contributed by atoms with Crippen LogP contribution in [0.15, 0.2) is 24.3 Å². The molecule has 4 heteroatoms. The van der Waals surface area contributed by atoms with E-state index in [-0.39, 0.29) is 17.4 Å². The van der Waals surface area contributed by atoms with E-state index in [9.17, 15) is 9.59 Å². The molecule has 28 heavy (non-hydrogen) atoms. The minimum absolute atomic E-state index is 0.0414. The second-order valence-corrected chi connectivity index (χ2v) is 10.2. The molecule has 1 spiro atoms. The molecule has 4 fully saturated rings. The number of nitrogens with zero attached hydrogens (tertiary/aromatic N) is 1. The topological polar surface area (TPSA) is 49.4 Å². The van der Waals surface area contributed by atoms with E-state index in [1.54, 1.807) is 0 Å². The fourth-order valence-corrected chi connectivity index (χ4v) is 5.59. The van der Waals surface area contributed by atoms with Crippen molar-refractivity contribution in [2.24, 2.45) is 11.8 Å². The van der Waals surface area contributed by atoms with Gasteiger partial charge in [-0.1, -0.05) is 31.2 Å². The molecule has 1 atom stereocenters. The highest BCUT2D eigenvalue weighted by Gasteiger charge is 2.52. The standard InChI is InChI=1S/C24H32N2O2/c1-23(11-12-23)20-6-4-17(5-7-20)2-3-18-9-13-26(16-18)22(28)19-14-24(15-19)10-8-21(27)25-24/h4-7,18-19H,2-3,8-16H2,1H3,(H,25,27)/t18-,19?,24?/m1/s1. The van der Waals surface area contributed by atoms with Gasteiger partial charge in [-0.3, -0.25) is 9.59 Å². The molecule has 2 aliphatic carbocycles. The summed E-state index contributed by atoms with van der Waals surface area (Å²) in [5.41, 5.74) is 3.33. The number of carbonyl (C=O) groups is 2. The van der Waals surface area contributed by atoms with Crippen LogP contribution in [0.5, 0.6) is 0 Å². The summed E-state index contributed by atoms with van der Waals surface area (Å²) in [6.07, 6.45) is 9.32. The van der Waals surface area contributed by atoms with Gasteiger partial charge in [0.1, 0.15) is 0 Å². The molecular weight excluding hydrogens is 348 g/mol. The van der Waals surface area contributed by atoms with E-state index in [0.29, 0.717) is 23.7 Å². The van der Waals surface area contributed by atoms with Crippen molar-refractivity contribution in [1.29, 1.82) is 0 Å². The molecule has 5 rings (SSSR count). The Hall–Kier alpha value is -1.84. The molecule has 0 unspecified atom stereocenters. The quantitative estimate of drug-likeness (QED) is 0.849. The van der Waals surface area contributed by atoms with Crippen LogP contribution in [0.1, 0.15) is 69.4 Å². The number of aryl methyl sites for hydroxylation is 1. The lowest BCUT2D eigenvalue weighted by atomic mass is 9.67. The Morgan fingerprint density at radius 3 is 2.57 bits per heavy atom. The van der Waals surface area contributed by atoms with Crippen LogP contribution >= 0.6 is 0 Å². The Balaban J connectivity index is 1.08. The molecule has 150 valence electrons. The van der Waals surface area contributed by atoms with E-state index in [0.717, 1.165) is 45.2 Å². The molecule has 1 N–H and O–H groups in total. The summed E-state index contributed by atoms with van der Waals surface area (Å²) < 4.78 is 0. The molecule has 2 amide bonds. The first-order valence-corrected chi connectivity index (χ1v) is 11.1. The second kappa shape index (κ2) is 6.60. The lowest BCUT2D eigenvalue weighted by Gasteiger charge is -2.45. The van der Waals surface area contributed by atoms with Gasteiger partial charge in [-0.25, -0.2) is 0 Å². The third-order valence-corrected chi connectivity index (χ3v) is 7.95. The van der Waals surface area contributed by atoms with Gasteiger partial charge in [0.2, 0.25) is 11.8 Å². The number of benzene rings is 1. The summed E-state index contributed by atoms with van der Waals surface area (Å²) in [5.74, 6) is 1.25. The first-order chi connectivity index (χ1) is 13.4. The van der Waals surface area contributed by atoms with Gasteiger partial charge in [0.25, 0.3) is 0 Å². The minimum Gasteiger partial charge on any atom is -0.351 e. The van der Waals surface area contributed by atoms with Gasteiger partial charge in [0, 0.05) is 31.0 Å². The van der Waals surface area contributed by atoms with Crippen LogP contribution in [0.4, 0.5) is 0 Å². The zero-order valence-electron chi connectivity index (χ0n) is 17.0. The average Bonchev–Trinajstić information content (AvgIpc) is 3.07. The number of rotatable bonds is 5. The normalized spacial score (nSPS) is 33.0. The molecule has 1 aromatic rings. The molecule has 1 aromatic carbocycles. The molecule has 4 nitrogen and oxygen atoms in total. The van der Waals surface area contributed by atoms with Crippen LogP contribution in [0.3, 0.4) is 0 Å². The van der Waals surface area contributed by atoms with Gasteiger partial charge in [0.05, 0.1) is 0 Å². The lowest BCUT2D eigenvalue weighted by Crippen LogP contribution is -2.56. The van der Waals surface area contributed by atoms with E-state index >= 15 is 0 Å². The molecule has 2 aliphatic heterocycles. The second-order valence-electron chi connectivity index (χ2n) is 10.2. The van der Waals surface area contributed by atoms with E-state index in [1.807, 2.05) is 0 Å². The minimum atomic E-state index is -0.0414. The predicted molar refractivity (Wildman–Crippen MR) is 109 cm³/mol. The van der Waals surface area contributed by atoms with Gasteiger partial charge in [-0.05, 0) is 73.8 Å². The van der Waals surface area contributed by atoms with Gasteiger partial charge in [-0.15, -0.1) is 0 Å². The van der Waals surface area contributed by atoms with Crippen molar-refractivity contribution in [3.63, 3.8) is 0 Å². The first kappa shape index (κ1) is 18.2. The smallest absolute Gasteiger partial charge is 0.225 e. The Morgan fingerprint density at radius 1 is 1.18 bits per heavy atom. The SMILES string of the molecule is CC1(c2ccc(CC[C@@H]3CCN(C(=O)C4CC5(CCC(=O)N5)C4)C3)cc2)CC1. The van der Waals surface area contributed by atoms with Crippen molar-refractivity contribution >= 4 is 11.8 Å². The van der Waals surface area contributed by atoms with Gasteiger partial charge in [-0.2, -0.15) is 0 Å². The number of hydrogen-bond acceptors (Lipinski definition) is 2. The number of likely N-dealkylation sites (tertiary alicyclic amines) is 1. The van der Waals surface area contributed by atoms with Crippen molar-refractivity contribution in [3.05, 3.63) is 35.4 Å². The Morgan fingerprint density at radius 2 is 1.93 bits per heavy atom. The molecule has 2 heterocycles. The summed E-state index contributed by atoms with van der Waals surface area (Å²) in [6, 6.07) is 9.25. The summed E-state index contributed by atoms with van der Waals surface area (Å²) in [6.45, 7) is 4.19. The van der Waals surface area contributed by atoms with Crippen LogP contribution in [-0.2, 0) is 21.4 Å². The van der Waals surface area contributed by atoms with Crippen LogP contribution in [0, 0.1) is 11.8 Å². The summed E-state index contributed by atoms with van der Waals surface area (Å²) >= 11 is 0. The van der Waals surface area contributed by atoms with Gasteiger partial charge in [0.15, 0.2) is 0 Å². The molecule has 2 saturated carbocycles. The third-order valence-electron chi connectivity index (χ3n) is 7.95. The van der Waals surface area contributed by atoms with Crippen LogP contribution in [0.2, 0.25) is 0 Å². The zero-order chi connectivity index (χ0) is 19.4. The van der Waals surface area contributed by atoms with Crippen molar-refractivity contribution in [2.45, 2.75) is 75.7 Å². The molecule has 0 radical (unpaired) electrons. The van der Waals surface area contributed by atoms with Crippen molar-refractivity contribution in [2.75, 3.05) is 13.1 Å². The summed E-state index contributed by atoms with van der Waals surface area (Å²) in [4.78, 5) is 26.4. The third kappa shape index (κ3) is 3.35. The fourth-order valence-electron chi connectivity index (χ4n) is 5.59. The van der Waals surface area contributed by atoms with E-state index in [2.05, 4.69) is 41.4 Å². The number of nitrogens with one attached hydrogen (secondary N) is 1. The highest BCUT2D eigenvalue weighted by Crippen LogP contribution is 2.47. The van der Waals surface area contributed by atoms with Crippen LogP contribution < -0.4 is 5.32 Å². The molecule has 4 aliphatic rings. The van der Waals surface area contributed by atoms with E-state index < -0.39 is 0 Å². The van der Waals surface area contributed by atoms with Crippen molar-refractivity contribution in [3.8, 4) is 0 Å². The summed E-state index contributed by atoms with van der Waals surface area (Å²) in [5, 5.41) is 3.10. The van der Waals surface area contributed by atoms with Crippen molar-refractivity contribution < 1.29 is 9.59 Å². The summed E-state index contributed by atoms with van der Waals surface area (Å²) in [7, 11) is 0. The Labute approximate surface area is 168 Å². The zero-order valence-corrected chi connectivity index (χ0v) is 17.0. The molecular formula is C24H32N2O2. The lowest BCUT2D eigenvalue weighted by molar-refractivity contribution is -0.140. The Kier molecular flexibility index (Phi) is 4.29. The average molecular weight is 381 g/mol. The number of amides is 2. The van der Waals surface area contributed by atoms with Gasteiger partial charge >= 0.3 is 0 Å². The molecule has 0 bridgehead atoms.